The number of hydrogen-bond acceptors (Lipinski definition) is 3. The van der Waals surface area contributed by atoms with E-state index >= 15 is 0 Å². The lowest BCUT2D eigenvalue weighted by molar-refractivity contribution is 1.08. The van der Waals surface area contributed by atoms with Crippen molar-refractivity contribution in [2.75, 3.05) is 0 Å². The van der Waals surface area contributed by atoms with Crippen molar-refractivity contribution >= 4 is 43.4 Å². The maximum absolute atomic E-state index is 4.98. The van der Waals surface area contributed by atoms with Gasteiger partial charge in [0.15, 0.2) is 0 Å². The zero-order valence-electron chi connectivity index (χ0n) is 21.0. The predicted octanol–water partition coefficient (Wildman–Crippen LogP) is 8.61. The SMILES string of the molecule is c1cncc(-c2ccc3c(c2)c2c4ccccc4ccc2n3-c2ccc(-c3nccc4ccccc34)cn2)c1. The minimum absolute atomic E-state index is 0.878. The fourth-order valence-electron chi connectivity index (χ4n) is 5.76. The van der Waals surface area contributed by atoms with Gasteiger partial charge >= 0.3 is 0 Å². The van der Waals surface area contributed by atoms with Crippen molar-refractivity contribution in [1.82, 2.24) is 19.5 Å². The van der Waals surface area contributed by atoms with Crippen LogP contribution in [0.5, 0.6) is 0 Å². The van der Waals surface area contributed by atoms with Crippen LogP contribution in [0.2, 0.25) is 0 Å². The zero-order chi connectivity index (χ0) is 25.8. The Morgan fingerprint density at radius 1 is 0.487 bits per heavy atom. The van der Waals surface area contributed by atoms with E-state index in [1.807, 2.05) is 36.9 Å². The van der Waals surface area contributed by atoms with Crippen LogP contribution >= 0.6 is 0 Å². The molecule has 4 aromatic carbocycles. The fraction of sp³-hybridized carbons (Fsp3) is 0. The Kier molecular flexibility index (Phi) is 4.79. The molecule has 0 aliphatic carbocycles. The van der Waals surface area contributed by atoms with Crippen LogP contribution in [-0.4, -0.2) is 19.5 Å². The first-order valence-corrected chi connectivity index (χ1v) is 13.0. The van der Waals surface area contributed by atoms with Crippen LogP contribution in [0.3, 0.4) is 0 Å². The van der Waals surface area contributed by atoms with Gasteiger partial charge in [-0.25, -0.2) is 4.98 Å². The number of pyridine rings is 3. The normalized spacial score (nSPS) is 11.6. The molecule has 0 aliphatic heterocycles. The van der Waals surface area contributed by atoms with Gasteiger partial charge in [-0.2, -0.15) is 0 Å². The van der Waals surface area contributed by atoms with Crippen molar-refractivity contribution in [3.63, 3.8) is 0 Å². The highest BCUT2D eigenvalue weighted by Gasteiger charge is 2.17. The van der Waals surface area contributed by atoms with E-state index in [1.165, 1.54) is 26.9 Å². The van der Waals surface area contributed by atoms with E-state index < -0.39 is 0 Å². The van der Waals surface area contributed by atoms with Crippen molar-refractivity contribution in [3.8, 4) is 28.2 Å². The molecule has 0 saturated carbocycles. The van der Waals surface area contributed by atoms with Gasteiger partial charge < -0.3 is 0 Å². The Morgan fingerprint density at radius 3 is 2.10 bits per heavy atom. The second-order valence-electron chi connectivity index (χ2n) is 9.78. The van der Waals surface area contributed by atoms with Crippen LogP contribution in [0, 0.1) is 0 Å². The molecule has 0 saturated heterocycles. The lowest BCUT2D eigenvalue weighted by Crippen LogP contribution is -1.97. The highest BCUT2D eigenvalue weighted by atomic mass is 15.1. The first kappa shape index (κ1) is 21.7. The summed E-state index contributed by atoms with van der Waals surface area (Å²) in [6.07, 6.45) is 7.53. The van der Waals surface area contributed by atoms with E-state index in [2.05, 4.69) is 107 Å². The van der Waals surface area contributed by atoms with Crippen LogP contribution in [0.15, 0.2) is 134 Å². The third kappa shape index (κ3) is 3.42. The summed E-state index contributed by atoms with van der Waals surface area (Å²) < 4.78 is 2.27. The number of nitrogens with zero attached hydrogens (tertiary/aromatic N) is 4. The zero-order valence-corrected chi connectivity index (χ0v) is 21.0. The minimum atomic E-state index is 0.878. The average molecular weight is 499 g/mol. The van der Waals surface area contributed by atoms with Crippen LogP contribution in [-0.2, 0) is 0 Å². The van der Waals surface area contributed by atoms with Gasteiger partial charge in [-0.3, -0.25) is 14.5 Å². The first-order valence-electron chi connectivity index (χ1n) is 13.0. The van der Waals surface area contributed by atoms with E-state index in [0.29, 0.717) is 0 Å². The van der Waals surface area contributed by atoms with Gasteiger partial charge in [0.25, 0.3) is 0 Å². The van der Waals surface area contributed by atoms with Gasteiger partial charge in [0.2, 0.25) is 0 Å². The average Bonchev–Trinajstić information content (AvgIpc) is 3.35. The van der Waals surface area contributed by atoms with E-state index in [0.717, 1.165) is 44.6 Å². The molecule has 8 aromatic rings. The van der Waals surface area contributed by atoms with E-state index in [1.54, 1.807) is 0 Å². The maximum Gasteiger partial charge on any atom is 0.137 e. The third-order valence-electron chi connectivity index (χ3n) is 7.57. The van der Waals surface area contributed by atoms with E-state index in [4.69, 9.17) is 9.97 Å². The third-order valence-corrected chi connectivity index (χ3v) is 7.57. The number of benzene rings is 4. The molecule has 0 fully saturated rings. The Balaban J connectivity index is 1.37. The van der Waals surface area contributed by atoms with Crippen molar-refractivity contribution < 1.29 is 0 Å². The highest BCUT2D eigenvalue weighted by molar-refractivity contribution is 6.21. The maximum atomic E-state index is 4.98. The van der Waals surface area contributed by atoms with Crippen molar-refractivity contribution in [2.24, 2.45) is 0 Å². The molecule has 4 heterocycles. The molecule has 0 aliphatic rings. The van der Waals surface area contributed by atoms with Crippen molar-refractivity contribution in [2.45, 2.75) is 0 Å². The van der Waals surface area contributed by atoms with Gasteiger partial charge in [-0.1, -0.05) is 66.7 Å². The van der Waals surface area contributed by atoms with Crippen LogP contribution in [0.1, 0.15) is 0 Å². The topological polar surface area (TPSA) is 43.6 Å². The minimum Gasteiger partial charge on any atom is -0.294 e. The fourth-order valence-corrected chi connectivity index (χ4v) is 5.76. The molecule has 0 spiro atoms. The number of aromatic nitrogens is 4. The summed E-state index contributed by atoms with van der Waals surface area (Å²) in [4.78, 5) is 14.0. The number of hydrogen-bond donors (Lipinski definition) is 0. The van der Waals surface area contributed by atoms with E-state index in [-0.39, 0.29) is 0 Å². The van der Waals surface area contributed by atoms with Gasteiger partial charge in [0, 0.05) is 52.1 Å². The Labute approximate surface area is 224 Å². The molecular weight excluding hydrogens is 476 g/mol. The summed E-state index contributed by atoms with van der Waals surface area (Å²) >= 11 is 0. The Bertz CT molecular complexity index is 2160. The largest absolute Gasteiger partial charge is 0.294 e. The van der Waals surface area contributed by atoms with Crippen LogP contribution in [0.25, 0.3) is 71.6 Å². The standard InChI is InChI=1S/C35H22N4/c1-3-9-28-23(6-1)11-15-32-34(28)30-20-25(26-8-5-18-36-21-26)12-14-31(30)39(32)33-16-13-27(22-38-33)35-29-10-4-2-7-24(29)17-19-37-35/h1-22H. The molecule has 8 rings (SSSR count). The van der Waals surface area contributed by atoms with Crippen LogP contribution in [0.4, 0.5) is 0 Å². The molecule has 0 radical (unpaired) electrons. The summed E-state index contributed by atoms with van der Waals surface area (Å²) in [6.45, 7) is 0. The molecule has 0 N–H and O–H groups in total. The molecule has 4 heteroatoms. The molecule has 39 heavy (non-hydrogen) atoms. The lowest BCUT2D eigenvalue weighted by Gasteiger charge is -2.10. The predicted molar refractivity (Wildman–Crippen MR) is 160 cm³/mol. The Morgan fingerprint density at radius 2 is 1.28 bits per heavy atom. The molecule has 0 bridgehead atoms. The van der Waals surface area contributed by atoms with Gasteiger partial charge in [-0.05, 0) is 64.2 Å². The second kappa shape index (κ2) is 8.61. The van der Waals surface area contributed by atoms with Gasteiger partial charge in [0.1, 0.15) is 5.82 Å². The second-order valence-corrected chi connectivity index (χ2v) is 9.78. The summed E-state index contributed by atoms with van der Waals surface area (Å²) in [5, 5.41) is 7.19. The number of fused-ring (bicyclic) bond motifs is 6. The molecule has 0 unspecified atom stereocenters. The quantitative estimate of drug-likeness (QED) is 0.245. The number of rotatable bonds is 3. The Hall–Kier alpha value is -5.35. The van der Waals surface area contributed by atoms with Crippen molar-refractivity contribution in [3.05, 3.63) is 134 Å². The van der Waals surface area contributed by atoms with Gasteiger partial charge in [0.05, 0.1) is 16.7 Å². The lowest BCUT2D eigenvalue weighted by atomic mass is 10.0. The van der Waals surface area contributed by atoms with Crippen molar-refractivity contribution in [1.29, 1.82) is 0 Å². The molecular formula is C35H22N4. The summed E-state index contributed by atoms with van der Waals surface area (Å²) in [5.41, 5.74) is 6.45. The smallest absolute Gasteiger partial charge is 0.137 e. The summed E-state index contributed by atoms with van der Waals surface area (Å²) in [6, 6.07) is 38.3. The van der Waals surface area contributed by atoms with E-state index in [9.17, 15) is 0 Å². The summed E-state index contributed by atoms with van der Waals surface area (Å²) in [7, 11) is 0. The first-order chi connectivity index (χ1) is 19.3. The molecule has 4 nitrogen and oxygen atoms in total. The summed E-state index contributed by atoms with van der Waals surface area (Å²) in [5.74, 6) is 0.878. The van der Waals surface area contributed by atoms with Gasteiger partial charge in [-0.15, -0.1) is 0 Å². The monoisotopic (exact) mass is 498 g/mol. The molecule has 0 atom stereocenters. The highest BCUT2D eigenvalue weighted by Crippen LogP contribution is 2.38. The molecule has 182 valence electrons. The van der Waals surface area contributed by atoms with Crippen LogP contribution < -0.4 is 0 Å². The molecule has 4 aromatic heterocycles. The molecule has 0 amide bonds.